The molecule has 2 rings (SSSR count). The molecule has 0 aliphatic heterocycles. The Bertz CT molecular complexity index is 503. The van der Waals surface area contributed by atoms with E-state index in [-0.39, 0.29) is 18.4 Å². The molecule has 0 saturated heterocycles. The van der Waals surface area contributed by atoms with Crippen LogP contribution in [-0.2, 0) is 16.1 Å². The normalized spacial score (nSPS) is 15.7. The van der Waals surface area contributed by atoms with E-state index in [0.717, 1.165) is 18.4 Å². The zero-order chi connectivity index (χ0) is 14.5. The van der Waals surface area contributed by atoms with E-state index >= 15 is 0 Å². The van der Waals surface area contributed by atoms with Crippen LogP contribution in [0, 0.1) is 5.92 Å². The Morgan fingerprint density at radius 3 is 2.65 bits per heavy atom. The number of benzene rings is 1. The van der Waals surface area contributed by atoms with Gasteiger partial charge < -0.3 is 10.4 Å². The molecule has 1 unspecified atom stereocenters. The second-order valence-electron chi connectivity index (χ2n) is 4.90. The largest absolute Gasteiger partial charge is 0.480 e. The van der Waals surface area contributed by atoms with E-state index in [2.05, 4.69) is 10.6 Å². The molecular weight excluding hydrogens is 280 g/mol. The van der Waals surface area contributed by atoms with E-state index in [4.69, 9.17) is 16.7 Å². The minimum atomic E-state index is -0.897. The number of carbonyl (C=O) groups excluding carboxylic acids is 1. The zero-order valence-electron chi connectivity index (χ0n) is 10.9. The Hall–Kier alpha value is -1.59. The smallest absolute Gasteiger partial charge is 0.320 e. The van der Waals surface area contributed by atoms with E-state index in [1.165, 1.54) is 0 Å². The lowest BCUT2D eigenvalue weighted by Crippen LogP contribution is -2.44. The summed E-state index contributed by atoms with van der Waals surface area (Å²) < 4.78 is 0. The molecule has 1 aliphatic rings. The standard InChI is InChI=1S/C14H17ClN2O3/c15-11-4-2-1-3-10(11)7-16-12(18)8-17-13(14(19)20)9-5-6-9/h1-4,9,13,17H,5-8H2,(H,16,18)(H,19,20). The molecule has 1 aromatic rings. The maximum atomic E-state index is 11.7. The molecule has 5 nitrogen and oxygen atoms in total. The van der Waals surface area contributed by atoms with Crippen molar-refractivity contribution in [1.82, 2.24) is 10.6 Å². The van der Waals surface area contributed by atoms with Crippen molar-refractivity contribution < 1.29 is 14.7 Å². The molecule has 0 aromatic heterocycles. The Kier molecular flexibility index (Phi) is 4.98. The summed E-state index contributed by atoms with van der Waals surface area (Å²) in [6.07, 6.45) is 1.82. The fourth-order valence-corrected chi connectivity index (χ4v) is 2.19. The van der Waals surface area contributed by atoms with Crippen LogP contribution < -0.4 is 10.6 Å². The number of carbonyl (C=O) groups is 2. The molecule has 20 heavy (non-hydrogen) atoms. The number of aliphatic carboxylic acids is 1. The number of carboxylic acids is 1. The molecule has 1 atom stereocenters. The predicted octanol–water partition coefficient (Wildman–Crippen LogP) is 1.41. The molecule has 0 spiro atoms. The van der Waals surface area contributed by atoms with Crippen molar-refractivity contribution in [1.29, 1.82) is 0 Å². The summed E-state index contributed by atoms with van der Waals surface area (Å²) in [6, 6.07) is 6.64. The van der Waals surface area contributed by atoms with Crippen LogP contribution in [0.4, 0.5) is 0 Å². The molecule has 1 fully saturated rings. The van der Waals surface area contributed by atoms with E-state index in [0.29, 0.717) is 11.6 Å². The van der Waals surface area contributed by atoms with Crippen molar-refractivity contribution in [2.24, 2.45) is 5.92 Å². The lowest BCUT2D eigenvalue weighted by atomic mass is 10.2. The van der Waals surface area contributed by atoms with E-state index < -0.39 is 12.0 Å². The predicted molar refractivity (Wildman–Crippen MR) is 75.4 cm³/mol. The Labute approximate surface area is 122 Å². The highest BCUT2D eigenvalue weighted by Crippen LogP contribution is 2.32. The van der Waals surface area contributed by atoms with Crippen LogP contribution in [0.1, 0.15) is 18.4 Å². The fourth-order valence-electron chi connectivity index (χ4n) is 1.99. The first-order valence-electron chi connectivity index (χ1n) is 6.54. The van der Waals surface area contributed by atoms with Gasteiger partial charge in [-0.1, -0.05) is 29.8 Å². The Morgan fingerprint density at radius 1 is 1.35 bits per heavy atom. The summed E-state index contributed by atoms with van der Waals surface area (Å²) in [5, 5.41) is 15.1. The Morgan fingerprint density at radius 2 is 2.05 bits per heavy atom. The molecule has 0 radical (unpaired) electrons. The van der Waals surface area contributed by atoms with Crippen LogP contribution in [0.2, 0.25) is 5.02 Å². The number of nitrogens with one attached hydrogen (secondary N) is 2. The highest BCUT2D eigenvalue weighted by atomic mass is 35.5. The van der Waals surface area contributed by atoms with Gasteiger partial charge in [-0.2, -0.15) is 0 Å². The average Bonchev–Trinajstić information content (AvgIpc) is 3.22. The highest BCUT2D eigenvalue weighted by molar-refractivity contribution is 6.31. The fraction of sp³-hybridized carbons (Fsp3) is 0.429. The minimum absolute atomic E-state index is 0.00206. The second-order valence-corrected chi connectivity index (χ2v) is 5.31. The van der Waals surface area contributed by atoms with Gasteiger partial charge in [0.15, 0.2) is 0 Å². The first-order valence-corrected chi connectivity index (χ1v) is 6.92. The van der Waals surface area contributed by atoms with Crippen molar-refractivity contribution in [3.05, 3.63) is 34.9 Å². The number of rotatable bonds is 7. The SMILES string of the molecule is O=C(CNC(C(=O)O)C1CC1)NCc1ccccc1Cl. The first-order chi connectivity index (χ1) is 9.58. The molecule has 0 bridgehead atoms. The second kappa shape index (κ2) is 6.72. The molecule has 108 valence electrons. The summed E-state index contributed by atoms with van der Waals surface area (Å²) >= 11 is 5.98. The third-order valence-corrected chi connectivity index (χ3v) is 3.64. The quantitative estimate of drug-likeness (QED) is 0.711. The number of carboxylic acid groups (broad SMARTS) is 1. The summed E-state index contributed by atoms with van der Waals surface area (Å²) in [5.74, 6) is -0.980. The van der Waals surface area contributed by atoms with E-state index in [1.807, 2.05) is 18.2 Å². The van der Waals surface area contributed by atoms with Crippen LogP contribution in [0.5, 0.6) is 0 Å². The van der Waals surface area contributed by atoms with Crippen molar-refractivity contribution in [2.45, 2.75) is 25.4 Å². The monoisotopic (exact) mass is 296 g/mol. The van der Waals surface area contributed by atoms with Crippen LogP contribution in [0.25, 0.3) is 0 Å². The van der Waals surface area contributed by atoms with Gasteiger partial charge in [0.1, 0.15) is 6.04 Å². The van der Waals surface area contributed by atoms with Gasteiger partial charge in [-0.3, -0.25) is 14.9 Å². The van der Waals surface area contributed by atoms with Gasteiger partial charge in [-0.25, -0.2) is 0 Å². The van der Waals surface area contributed by atoms with Gasteiger partial charge in [0.05, 0.1) is 6.54 Å². The van der Waals surface area contributed by atoms with Gasteiger partial charge in [-0.15, -0.1) is 0 Å². The van der Waals surface area contributed by atoms with Gasteiger partial charge in [0, 0.05) is 11.6 Å². The number of amides is 1. The van der Waals surface area contributed by atoms with Crippen molar-refractivity contribution in [2.75, 3.05) is 6.54 Å². The zero-order valence-corrected chi connectivity index (χ0v) is 11.7. The lowest BCUT2D eigenvalue weighted by molar-refractivity contribution is -0.140. The van der Waals surface area contributed by atoms with E-state index in [1.54, 1.807) is 6.07 Å². The molecule has 1 saturated carbocycles. The average molecular weight is 297 g/mol. The van der Waals surface area contributed by atoms with E-state index in [9.17, 15) is 9.59 Å². The van der Waals surface area contributed by atoms with Crippen LogP contribution in [0.15, 0.2) is 24.3 Å². The third-order valence-electron chi connectivity index (χ3n) is 3.28. The van der Waals surface area contributed by atoms with Gasteiger partial charge in [0.25, 0.3) is 0 Å². The minimum Gasteiger partial charge on any atom is -0.480 e. The van der Waals surface area contributed by atoms with Crippen LogP contribution >= 0.6 is 11.6 Å². The van der Waals surface area contributed by atoms with Gasteiger partial charge in [-0.05, 0) is 30.4 Å². The van der Waals surface area contributed by atoms with Crippen molar-refractivity contribution >= 4 is 23.5 Å². The summed E-state index contributed by atoms with van der Waals surface area (Å²) in [7, 11) is 0. The van der Waals surface area contributed by atoms with Crippen molar-refractivity contribution in [3.8, 4) is 0 Å². The highest BCUT2D eigenvalue weighted by Gasteiger charge is 2.36. The molecular formula is C14H17ClN2O3. The number of halogens is 1. The van der Waals surface area contributed by atoms with Crippen molar-refractivity contribution in [3.63, 3.8) is 0 Å². The molecule has 6 heteroatoms. The molecule has 1 aromatic carbocycles. The third kappa shape index (κ3) is 4.21. The van der Waals surface area contributed by atoms with Gasteiger partial charge >= 0.3 is 5.97 Å². The Balaban J connectivity index is 1.75. The number of hydrogen-bond acceptors (Lipinski definition) is 3. The van der Waals surface area contributed by atoms with Crippen LogP contribution in [-0.4, -0.2) is 29.6 Å². The van der Waals surface area contributed by atoms with Gasteiger partial charge in [0.2, 0.25) is 5.91 Å². The first kappa shape index (κ1) is 14.8. The summed E-state index contributed by atoms with van der Waals surface area (Å²) in [6.45, 7) is 0.333. The molecule has 0 heterocycles. The molecule has 1 aliphatic carbocycles. The summed E-state index contributed by atoms with van der Waals surface area (Å²) in [4.78, 5) is 22.7. The topological polar surface area (TPSA) is 78.4 Å². The maximum absolute atomic E-state index is 11.7. The lowest BCUT2D eigenvalue weighted by Gasteiger charge is -2.13. The maximum Gasteiger partial charge on any atom is 0.320 e. The molecule has 1 amide bonds. The molecule has 3 N–H and O–H groups in total. The van der Waals surface area contributed by atoms with Crippen LogP contribution in [0.3, 0.4) is 0 Å². The number of hydrogen-bond donors (Lipinski definition) is 3. The summed E-state index contributed by atoms with van der Waals surface area (Å²) in [5.41, 5.74) is 0.833.